The van der Waals surface area contributed by atoms with Crippen molar-refractivity contribution in [3.05, 3.63) is 82.4 Å². The molecule has 0 bridgehead atoms. The molecule has 0 spiro atoms. The Morgan fingerprint density at radius 2 is 1.62 bits per heavy atom. The normalized spacial score (nSPS) is 11.7. The summed E-state index contributed by atoms with van der Waals surface area (Å²) in [5.74, 6) is -0.498. The van der Waals surface area contributed by atoms with E-state index in [1.807, 2.05) is 48.5 Å². The maximum absolute atomic E-state index is 11.3. The summed E-state index contributed by atoms with van der Waals surface area (Å²) >= 11 is 0. The van der Waals surface area contributed by atoms with Gasteiger partial charge in [-0.25, -0.2) is 4.79 Å². The van der Waals surface area contributed by atoms with E-state index in [9.17, 15) is 14.9 Å². The van der Waals surface area contributed by atoms with Crippen LogP contribution in [0.2, 0.25) is 0 Å². The molecule has 29 heavy (non-hydrogen) atoms. The summed E-state index contributed by atoms with van der Waals surface area (Å²) < 4.78 is 2.07. The van der Waals surface area contributed by atoms with Gasteiger partial charge in [-0.05, 0) is 42.8 Å². The van der Waals surface area contributed by atoms with Crippen molar-refractivity contribution < 1.29 is 14.6 Å². The van der Waals surface area contributed by atoms with Crippen molar-refractivity contribution >= 4 is 39.2 Å². The first-order valence-corrected chi connectivity index (χ1v) is 8.96. The lowest BCUT2D eigenvalue weighted by Crippen LogP contribution is -1.99. The van der Waals surface area contributed by atoms with Crippen molar-refractivity contribution in [1.82, 2.24) is 4.57 Å². The number of nitro benzene ring substituents is 1. The molecule has 3 aromatic carbocycles. The van der Waals surface area contributed by atoms with Gasteiger partial charge in [-0.2, -0.15) is 0 Å². The Bertz CT molecular complexity index is 1290. The summed E-state index contributed by atoms with van der Waals surface area (Å²) in [5.41, 5.74) is 4.06. The number of non-ortho nitro benzene ring substituents is 1. The zero-order chi connectivity index (χ0) is 20.5. The second-order valence-corrected chi connectivity index (χ2v) is 6.62. The van der Waals surface area contributed by atoms with Gasteiger partial charge in [0.05, 0.1) is 21.7 Å². The lowest BCUT2D eigenvalue weighted by Gasteiger charge is -2.07. The summed E-state index contributed by atoms with van der Waals surface area (Å²) in [6.07, 6.45) is 0. The highest BCUT2D eigenvalue weighted by Crippen LogP contribution is 2.34. The number of hydrogen-bond acceptors (Lipinski definition) is 5. The van der Waals surface area contributed by atoms with Crippen molar-refractivity contribution in [1.29, 1.82) is 0 Å². The lowest BCUT2D eigenvalue weighted by molar-refractivity contribution is -0.384. The monoisotopic (exact) mass is 387 g/mol. The van der Waals surface area contributed by atoms with E-state index >= 15 is 0 Å². The largest absolute Gasteiger partial charge is 0.331 e. The maximum atomic E-state index is 11.3. The van der Waals surface area contributed by atoms with E-state index in [-0.39, 0.29) is 5.69 Å². The fraction of sp³-hybridized carbons (Fsp3) is 0.0909. The first kappa shape index (κ1) is 18.4. The molecule has 0 aliphatic heterocycles. The van der Waals surface area contributed by atoms with Crippen LogP contribution in [0.3, 0.4) is 0 Å². The molecule has 0 N–H and O–H groups in total. The Morgan fingerprint density at radius 3 is 2.28 bits per heavy atom. The Labute approximate surface area is 166 Å². The number of nitrogens with zero attached hydrogens (tertiary/aromatic N) is 3. The molecule has 0 atom stereocenters. The van der Waals surface area contributed by atoms with Crippen molar-refractivity contribution in [3.8, 4) is 5.69 Å². The van der Waals surface area contributed by atoms with Crippen LogP contribution in [0.4, 0.5) is 5.69 Å². The van der Waals surface area contributed by atoms with Gasteiger partial charge in [0.25, 0.3) is 5.69 Å². The molecule has 1 heterocycles. The number of carbonyl (C=O) groups excluding carboxylic acids is 1. The van der Waals surface area contributed by atoms with Gasteiger partial charge < -0.3 is 9.40 Å². The zero-order valence-corrected chi connectivity index (χ0v) is 15.8. The van der Waals surface area contributed by atoms with E-state index in [1.165, 1.54) is 13.0 Å². The van der Waals surface area contributed by atoms with Gasteiger partial charge in [-0.15, -0.1) is 0 Å². The van der Waals surface area contributed by atoms with Gasteiger partial charge in [0.2, 0.25) is 0 Å². The number of fused-ring (bicyclic) bond motifs is 3. The molecule has 0 amide bonds. The Hall–Kier alpha value is -4.00. The predicted octanol–water partition coefficient (Wildman–Crippen LogP) is 4.98. The molecule has 144 valence electrons. The Balaban J connectivity index is 2.01. The first-order chi connectivity index (χ1) is 14.0. The molecular formula is C22H17N3O4. The van der Waals surface area contributed by atoms with Gasteiger partial charge in [-0.1, -0.05) is 29.4 Å². The van der Waals surface area contributed by atoms with Crippen LogP contribution in [-0.2, 0) is 9.63 Å². The molecule has 0 fully saturated rings. The van der Waals surface area contributed by atoms with E-state index in [2.05, 4.69) is 9.72 Å². The molecule has 7 heteroatoms. The van der Waals surface area contributed by atoms with Gasteiger partial charge in [0.15, 0.2) is 0 Å². The van der Waals surface area contributed by atoms with Crippen LogP contribution in [0.1, 0.15) is 19.4 Å². The van der Waals surface area contributed by atoms with E-state index < -0.39 is 10.9 Å². The van der Waals surface area contributed by atoms with Crippen molar-refractivity contribution in [3.63, 3.8) is 0 Å². The molecule has 0 saturated heterocycles. The van der Waals surface area contributed by atoms with Crippen LogP contribution < -0.4 is 0 Å². The molecule has 0 aliphatic carbocycles. The van der Waals surface area contributed by atoms with Crippen molar-refractivity contribution in [2.75, 3.05) is 0 Å². The highest BCUT2D eigenvalue weighted by molar-refractivity contribution is 6.12. The average molecular weight is 387 g/mol. The summed E-state index contributed by atoms with van der Waals surface area (Å²) in [6, 6.07) is 20.4. The van der Waals surface area contributed by atoms with Gasteiger partial charge in [0, 0.05) is 35.5 Å². The van der Waals surface area contributed by atoms with E-state index in [1.54, 1.807) is 19.1 Å². The quantitative estimate of drug-likeness (QED) is 0.214. The first-order valence-electron chi connectivity index (χ1n) is 8.96. The van der Waals surface area contributed by atoms with E-state index in [0.717, 1.165) is 33.1 Å². The standard InChI is InChI=1S/C22H17N3O4/c1-14(23-29-15(2)26)16-8-10-21-19(12-16)20-13-18(25(27)28)9-11-22(20)24(21)17-6-4-3-5-7-17/h3-13H,1-2H3/b23-14+. The topological polar surface area (TPSA) is 86.7 Å². The highest BCUT2D eigenvalue weighted by atomic mass is 16.7. The Morgan fingerprint density at radius 1 is 0.966 bits per heavy atom. The second kappa shape index (κ2) is 7.20. The second-order valence-electron chi connectivity index (χ2n) is 6.62. The summed E-state index contributed by atoms with van der Waals surface area (Å²) in [7, 11) is 0. The summed E-state index contributed by atoms with van der Waals surface area (Å²) in [6.45, 7) is 3.02. The third kappa shape index (κ3) is 3.34. The summed E-state index contributed by atoms with van der Waals surface area (Å²) in [5, 5.41) is 16.8. The van der Waals surface area contributed by atoms with E-state index in [4.69, 9.17) is 4.84 Å². The predicted molar refractivity (Wildman–Crippen MR) is 111 cm³/mol. The Kier molecular flexibility index (Phi) is 4.56. The minimum Gasteiger partial charge on any atom is -0.318 e. The zero-order valence-electron chi connectivity index (χ0n) is 15.8. The number of carbonyl (C=O) groups is 1. The molecule has 0 radical (unpaired) electrons. The lowest BCUT2D eigenvalue weighted by atomic mass is 10.1. The van der Waals surface area contributed by atoms with Crippen LogP contribution in [-0.4, -0.2) is 21.2 Å². The molecule has 1 aromatic heterocycles. The SMILES string of the molecule is CC(=O)O/N=C(\C)c1ccc2c(c1)c1cc([N+](=O)[O-])ccc1n2-c1ccccc1. The van der Waals surface area contributed by atoms with Crippen LogP contribution in [0.15, 0.2) is 71.9 Å². The van der Waals surface area contributed by atoms with Gasteiger partial charge in [-0.3, -0.25) is 10.1 Å². The minimum atomic E-state index is -0.498. The molecule has 4 aromatic rings. The summed E-state index contributed by atoms with van der Waals surface area (Å²) in [4.78, 5) is 26.7. The fourth-order valence-corrected chi connectivity index (χ4v) is 3.39. The molecule has 0 unspecified atom stereocenters. The number of oxime groups is 1. The van der Waals surface area contributed by atoms with Crippen molar-refractivity contribution in [2.24, 2.45) is 5.16 Å². The van der Waals surface area contributed by atoms with E-state index in [0.29, 0.717) is 5.71 Å². The molecule has 7 nitrogen and oxygen atoms in total. The third-order valence-electron chi connectivity index (χ3n) is 4.70. The van der Waals surface area contributed by atoms with Crippen LogP contribution in [0.5, 0.6) is 0 Å². The number of benzene rings is 3. The number of para-hydroxylation sites is 1. The number of hydrogen-bond donors (Lipinski definition) is 0. The minimum absolute atomic E-state index is 0.0281. The molecule has 4 rings (SSSR count). The number of rotatable bonds is 4. The number of nitro groups is 1. The van der Waals surface area contributed by atoms with Crippen LogP contribution in [0.25, 0.3) is 27.5 Å². The number of aromatic nitrogens is 1. The highest BCUT2D eigenvalue weighted by Gasteiger charge is 2.16. The average Bonchev–Trinajstić information content (AvgIpc) is 3.05. The smallest absolute Gasteiger partial charge is 0.318 e. The molecule has 0 aliphatic rings. The maximum Gasteiger partial charge on any atom is 0.331 e. The van der Waals surface area contributed by atoms with Crippen LogP contribution >= 0.6 is 0 Å². The van der Waals surface area contributed by atoms with Crippen LogP contribution in [0, 0.1) is 10.1 Å². The van der Waals surface area contributed by atoms with Gasteiger partial charge in [0.1, 0.15) is 0 Å². The van der Waals surface area contributed by atoms with Crippen molar-refractivity contribution in [2.45, 2.75) is 13.8 Å². The molecule has 0 saturated carbocycles. The molecular weight excluding hydrogens is 370 g/mol. The van der Waals surface area contributed by atoms with Gasteiger partial charge >= 0.3 is 5.97 Å². The third-order valence-corrected chi connectivity index (χ3v) is 4.70. The fourth-order valence-electron chi connectivity index (χ4n) is 3.39.